The Bertz CT molecular complexity index is 433. The third-order valence-electron chi connectivity index (χ3n) is 2.03. The van der Waals surface area contributed by atoms with Crippen molar-refractivity contribution < 1.29 is 19.4 Å². The molecule has 0 aliphatic heterocycles. The zero-order chi connectivity index (χ0) is 12.8. The molecule has 1 amide bonds. The SMILES string of the molecule is COc1ccc(Br)cc1CNC(=O)CC(=O)O. The van der Waals surface area contributed by atoms with Crippen LogP contribution < -0.4 is 10.1 Å². The smallest absolute Gasteiger partial charge is 0.312 e. The van der Waals surface area contributed by atoms with Crippen LogP contribution in [-0.2, 0) is 16.1 Å². The number of nitrogens with one attached hydrogen (secondary N) is 1. The quantitative estimate of drug-likeness (QED) is 0.809. The van der Waals surface area contributed by atoms with E-state index in [1.165, 1.54) is 7.11 Å². The van der Waals surface area contributed by atoms with Gasteiger partial charge in [-0.2, -0.15) is 0 Å². The van der Waals surface area contributed by atoms with Gasteiger partial charge in [-0.1, -0.05) is 15.9 Å². The summed E-state index contributed by atoms with van der Waals surface area (Å²) in [4.78, 5) is 21.5. The van der Waals surface area contributed by atoms with Crippen LogP contribution in [0.15, 0.2) is 22.7 Å². The van der Waals surface area contributed by atoms with E-state index < -0.39 is 18.3 Å². The van der Waals surface area contributed by atoms with E-state index in [0.29, 0.717) is 5.75 Å². The number of carbonyl (C=O) groups excluding carboxylic acids is 1. The highest BCUT2D eigenvalue weighted by atomic mass is 79.9. The van der Waals surface area contributed by atoms with Gasteiger partial charge in [-0.25, -0.2) is 0 Å². The van der Waals surface area contributed by atoms with Gasteiger partial charge in [0.1, 0.15) is 12.2 Å². The molecule has 17 heavy (non-hydrogen) atoms. The van der Waals surface area contributed by atoms with Gasteiger partial charge >= 0.3 is 5.97 Å². The lowest BCUT2D eigenvalue weighted by molar-refractivity contribution is -0.140. The molecule has 0 aromatic heterocycles. The van der Waals surface area contributed by atoms with E-state index >= 15 is 0 Å². The summed E-state index contributed by atoms with van der Waals surface area (Å²) >= 11 is 3.31. The number of hydrogen-bond donors (Lipinski definition) is 2. The maximum absolute atomic E-state index is 11.2. The summed E-state index contributed by atoms with van der Waals surface area (Å²) in [5, 5.41) is 10.9. The van der Waals surface area contributed by atoms with Gasteiger partial charge in [0.15, 0.2) is 0 Å². The van der Waals surface area contributed by atoms with E-state index in [-0.39, 0.29) is 6.54 Å². The molecule has 2 N–H and O–H groups in total. The van der Waals surface area contributed by atoms with Crippen molar-refractivity contribution in [3.8, 4) is 5.75 Å². The van der Waals surface area contributed by atoms with Crippen LogP contribution in [0, 0.1) is 0 Å². The molecule has 0 aliphatic carbocycles. The van der Waals surface area contributed by atoms with Gasteiger partial charge in [0.25, 0.3) is 0 Å². The normalized spacial score (nSPS) is 9.76. The fourth-order valence-electron chi connectivity index (χ4n) is 1.28. The average molecular weight is 302 g/mol. The maximum atomic E-state index is 11.2. The number of hydrogen-bond acceptors (Lipinski definition) is 3. The van der Waals surface area contributed by atoms with E-state index in [0.717, 1.165) is 10.0 Å². The highest BCUT2D eigenvalue weighted by molar-refractivity contribution is 9.10. The van der Waals surface area contributed by atoms with Gasteiger partial charge in [0.2, 0.25) is 5.91 Å². The molecular weight excluding hydrogens is 290 g/mol. The van der Waals surface area contributed by atoms with Gasteiger partial charge in [-0.3, -0.25) is 9.59 Å². The topological polar surface area (TPSA) is 75.6 Å². The summed E-state index contributed by atoms with van der Waals surface area (Å²) in [6.07, 6.45) is -0.531. The zero-order valence-corrected chi connectivity index (χ0v) is 10.8. The van der Waals surface area contributed by atoms with E-state index in [2.05, 4.69) is 21.2 Å². The van der Waals surface area contributed by atoms with E-state index in [1.54, 1.807) is 12.1 Å². The van der Waals surface area contributed by atoms with Crippen molar-refractivity contribution in [3.63, 3.8) is 0 Å². The predicted octanol–water partition coefficient (Wildman–Crippen LogP) is 1.55. The second-order valence-corrected chi connectivity index (χ2v) is 4.22. The molecule has 0 saturated heterocycles. The minimum atomic E-state index is -1.15. The van der Waals surface area contributed by atoms with Crippen molar-refractivity contribution >= 4 is 27.8 Å². The molecular formula is C11H12BrNO4. The van der Waals surface area contributed by atoms with E-state index in [9.17, 15) is 9.59 Å². The number of ether oxygens (including phenoxy) is 1. The molecule has 0 heterocycles. The van der Waals surface area contributed by atoms with Crippen LogP contribution in [0.2, 0.25) is 0 Å². The molecule has 0 spiro atoms. The lowest BCUT2D eigenvalue weighted by Crippen LogP contribution is -2.25. The van der Waals surface area contributed by atoms with Crippen molar-refractivity contribution in [1.82, 2.24) is 5.32 Å². The fraction of sp³-hybridized carbons (Fsp3) is 0.273. The largest absolute Gasteiger partial charge is 0.496 e. The first-order valence-corrected chi connectivity index (χ1v) is 5.63. The molecule has 0 unspecified atom stereocenters. The molecule has 1 aromatic rings. The summed E-state index contributed by atoms with van der Waals surface area (Å²) in [5.74, 6) is -1.04. The van der Waals surface area contributed by atoms with Crippen LogP contribution in [0.1, 0.15) is 12.0 Å². The second-order valence-electron chi connectivity index (χ2n) is 3.30. The van der Waals surface area contributed by atoms with Crippen molar-refractivity contribution in [2.45, 2.75) is 13.0 Å². The van der Waals surface area contributed by atoms with Crippen LogP contribution >= 0.6 is 15.9 Å². The molecule has 1 rings (SSSR count). The number of carbonyl (C=O) groups is 2. The lowest BCUT2D eigenvalue weighted by Gasteiger charge is -2.09. The first kappa shape index (κ1) is 13.5. The molecule has 0 radical (unpaired) electrons. The van der Waals surface area contributed by atoms with Gasteiger partial charge in [-0.15, -0.1) is 0 Å². The minimum Gasteiger partial charge on any atom is -0.496 e. The number of amides is 1. The Hall–Kier alpha value is -1.56. The van der Waals surface area contributed by atoms with Crippen molar-refractivity contribution in [3.05, 3.63) is 28.2 Å². The molecule has 5 nitrogen and oxygen atoms in total. The molecule has 0 atom stereocenters. The van der Waals surface area contributed by atoms with Gasteiger partial charge in [0, 0.05) is 16.6 Å². The van der Waals surface area contributed by atoms with Gasteiger partial charge in [-0.05, 0) is 18.2 Å². The number of rotatable bonds is 5. The third kappa shape index (κ3) is 4.44. The molecule has 0 aliphatic rings. The number of carboxylic acid groups (broad SMARTS) is 1. The molecule has 0 fully saturated rings. The highest BCUT2D eigenvalue weighted by Crippen LogP contribution is 2.22. The standard InChI is InChI=1S/C11H12BrNO4/c1-17-9-3-2-8(12)4-7(9)6-13-10(14)5-11(15)16/h2-4H,5-6H2,1H3,(H,13,14)(H,15,16). The van der Waals surface area contributed by atoms with Crippen LogP contribution in [0.3, 0.4) is 0 Å². The second kappa shape index (κ2) is 6.24. The average Bonchev–Trinajstić information content (AvgIpc) is 2.25. The van der Waals surface area contributed by atoms with Crippen molar-refractivity contribution in [2.75, 3.05) is 7.11 Å². The minimum absolute atomic E-state index is 0.231. The Balaban J connectivity index is 2.65. The summed E-state index contributed by atoms with van der Waals surface area (Å²) in [6.45, 7) is 0.231. The first-order valence-electron chi connectivity index (χ1n) is 4.84. The lowest BCUT2D eigenvalue weighted by atomic mass is 10.2. The summed E-state index contributed by atoms with van der Waals surface area (Å²) in [7, 11) is 1.53. The zero-order valence-electron chi connectivity index (χ0n) is 9.20. The third-order valence-corrected chi connectivity index (χ3v) is 2.52. The Morgan fingerprint density at radius 1 is 1.47 bits per heavy atom. The van der Waals surface area contributed by atoms with Gasteiger partial charge < -0.3 is 15.2 Å². The van der Waals surface area contributed by atoms with Crippen molar-refractivity contribution in [1.29, 1.82) is 0 Å². The van der Waals surface area contributed by atoms with Crippen LogP contribution in [-0.4, -0.2) is 24.1 Å². The Morgan fingerprint density at radius 3 is 2.76 bits per heavy atom. The van der Waals surface area contributed by atoms with Crippen LogP contribution in [0.5, 0.6) is 5.75 Å². The number of benzene rings is 1. The number of aliphatic carboxylic acids is 1. The van der Waals surface area contributed by atoms with E-state index in [1.807, 2.05) is 6.07 Å². The molecule has 0 saturated carbocycles. The first-order chi connectivity index (χ1) is 8.02. The van der Waals surface area contributed by atoms with Crippen LogP contribution in [0.25, 0.3) is 0 Å². The number of methoxy groups -OCH3 is 1. The molecule has 92 valence electrons. The predicted molar refractivity (Wildman–Crippen MR) is 64.8 cm³/mol. The highest BCUT2D eigenvalue weighted by Gasteiger charge is 2.09. The summed E-state index contributed by atoms with van der Waals surface area (Å²) < 4.78 is 5.99. The monoisotopic (exact) mass is 301 g/mol. The van der Waals surface area contributed by atoms with Crippen molar-refractivity contribution in [2.24, 2.45) is 0 Å². The Morgan fingerprint density at radius 2 is 2.18 bits per heavy atom. The Labute approximate surface area is 107 Å². The molecule has 6 heteroatoms. The maximum Gasteiger partial charge on any atom is 0.312 e. The van der Waals surface area contributed by atoms with Crippen LogP contribution in [0.4, 0.5) is 0 Å². The fourth-order valence-corrected chi connectivity index (χ4v) is 1.69. The summed E-state index contributed by atoms with van der Waals surface area (Å²) in [5.41, 5.74) is 0.778. The number of carboxylic acids is 1. The van der Waals surface area contributed by atoms with E-state index in [4.69, 9.17) is 9.84 Å². The van der Waals surface area contributed by atoms with Gasteiger partial charge in [0.05, 0.1) is 7.11 Å². The Kier molecular flexibility index (Phi) is 4.96. The molecule has 0 bridgehead atoms. The summed E-state index contributed by atoms with van der Waals surface area (Å²) in [6, 6.07) is 5.39. The number of halogens is 1. The molecule has 1 aromatic carbocycles.